The van der Waals surface area contributed by atoms with Gasteiger partial charge < -0.3 is 10.6 Å². The summed E-state index contributed by atoms with van der Waals surface area (Å²) in [4.78, 5) is 15.4. The Labute approximate surface area is 97.9 Å². The van der Waals surface area contributed by atoms with Gasteiger partial charge in [0.25, 0.3) is 0 Å². The van der Waals surface area contributed by atoms with Crippen molar-refractivity contribution in [2.75, 3.05) is 13.1 Å². The van der Waals surface area contributed by atoms with Crippen molar-refractivity contribution in [2.24, 2.45) is 10.9 Å². The molecule has 1 aliphatic rings. The van der Waals surface area contributed by atoms with Crippen LogP contribution in [0.15, 0.2) is 4.99 Å². The summed E-state index contributed by atoms with van der Waals surface area (Å²) >= 11 is 0. The number of hydrogen-bond donors (Lipinski definition) is 2. The Balaban J connectivity index is 0.000000673. The first-order chi connectivity index (χ1) is 7.52. The molecule has 0 saturated heterocycles. The lowest BCUT2D eigenvalue weighted by atomic mass is 10.0. The molecular weight excluding hydrogens is 202 g/mol. The molecule has 0 spiro atoms. The molecule has 0 bridgehead atoms. The maximum Gasteiger partial charge on any atom is 0.191 e. The number of rotatable bonds is 3. The fourth-order valence-electron chi connectivity index (χ4n) is 1.38. The number of nitrogens with zero attached hydrogens (tertiary/aromatic N) is 1. The molecule has 16 heavy (non-hydrogen) atoms. The molecule has 0 aromatic carbocycles. The molecule has 0 aromatic rings. The van der Waals surface area contributed by atoms with E-state index >= 15 is 0 Å². The zero-order valence-electron chi connectivity index (χ0n) is 10.5. The van der Waals surface area contributed by atoms with Crippen LogP contribution in [-0.2, 0) is 4.79 Å². The first-order valence-corrected chi connectivity index (χ1v) is 5.45. The third kappa shape index (κ3) is 5.40. The molecule has 4 heteroatoms. The second-order valence-corrected chi connectivity index (χ2v) is 3.92. The van der Waals surface area contributed by atoms with Crippen LogP contribution in [0.25, 0.3) is 0 Å². The van der Waals surface area contributed by atoms with Gasteiger partial charge in [-0.3, -0.25) is 9.79 Å². The minimum Gasteiger partial charge on any atom is -0.355 e. The van der Waals surface area contributed by atoms with Crippen LogP contribution in [0.3, 0.4) is 0 Å². The predicted molar refractivity (Wildman–Crippen MR) is 67.3 cm³/mol. The largest absolute Gasteiger partial charge is 0.355 e. The zero-order valence-corrected chi connectivity index (χ0v) is 10.5. The van der Waals surface area contributed by atoms with E-state index in [2.05, 4.69) is 28.0 Å². The topological polar surface area (TPSA) is 53.5 Å². The number of carbonyl (C=O) groups is 1. The first-order valence-electron chi connectivity index (χ1n) is 5.45. The van der Waals surface area contributed by atoms with Crippen molar-refractivity contribution in [2.45, 2.75) is 33.7 Å². The summed E-state index contributed by atoms with van der Waals surface area (Å²) in [6, 6.07) is -0.121. The van der Waals surface area contributed by atoms with E-state index in [0.29, 0.717) is 5.92 Å². The van der Waals surface area contributed by atoms with Gasteiger partial charge in [0.05, 0.1) is 12.6 Å². The van der Waals surface area contributed by atoms with Gasteiger partial charge in [0.2, 0.25) is 0 Å². The summed E-state index contributed by atoms with van der Waals surface area (Å²) < 4.78 is 0. The number of nitrogens with one attached hydrogen (secondary N) is 2. The number of guanidine groups is 1. The summed E-state index contributed by atoms with van der Waals surface area (Å²) in [5.74, 6) is 3.46. The highest BCUT2D eigenvalue weighted by molar-refractivity contribution is 5.89. The Morgan fingerprint density at radius 1 is 1.62 bits per heavy atom. The molecule has 1 atom stereocenters. The Hall–Kier alpha value is -1.50. The molecule has 90 valence electrons. The summed E-state index contributed by atoms with van der Waals surface area (Å²) in [6.45, 7) is 8.96. The van der Waals surface area contributed by atoms with Gasteiger partial charge in [-0.1, -0.05) is 13.8 Å². The molecule has 0 radical (unpaired) electrons. The van der Waals surface area contributed by atoms with Gasteiger partial charge in [0.1, 0.15) is 0 Å². The molecule has 4 nitrogen and oxygen atoms in total. The number of terminal acetylenes is 1. The first kappa shape index (κ1) is 14.5. The summed E-state index contributed by atoms with van der Waals surface area (Å²) in [5, 5.41) is 6.19. The molecule has 0 saturated carbocycles. The van der Waals surface area contributed by atoms with Crippen LogP contribution >= 0.6 is 0 Å². The Morgan fingerprint density at radius 2 is 2.19 bits per heavy atom. The number of hydrogen-bond acceptors (Lipinski definition) is 4. The Morgan fingerprint density at radius 3 is 2.50 bits per heavy atom. The third-order valence-electron chi connectivity index (χ3n) is 2.07. The van der Waals surface area contributed by atoms with Crippen molar-refractivity contribution in [1.82, 2.24) is 10.6 Å². The van der Waals surface area contributed by atoms with Crippen LogP contribution in [0.1, 0.15) is 27.7 Å². The van der Waals surface area contributed by atoms with Crippen molar-refractivity contribution >= 4 is 11.7 Å². The van der Waals surface area contributed by atoms with E-state index in [-0.39, 0.29) is 11.8 Å². The molecule has 0 amide bonds. The monoisotopic (exact) mass is 223 g/mol. The molecule has 2 N–H and O–H groups in total. The lowest BCUT2D eigenvalue weighted by Gasteiger charge is -2.20. The summed E-state index contributed by atoms with van der Waals surface area (Å²) in [7, 11) is 0. The molecule has 1 unspecified atom stereocenters. The van der Waals surface area contributed by atoms with Gasteiger partial charge in [-0.05, 0) is 19.8 Å². The van der Waals surface area contributed by atoms with Gasteiger partial charge in [-0.15, -0.1) is 12.3 Å². The quantitative estimate of drug-likeness (QED) is 0.695. The van der Waals surface area contributed by atoms with Gasteiger partial charge in [0.15, 0.2) is 11.7 Å². The van der Waals surface area contributed by atoms with E-state index < -0.39 is 0 Å². The van der Waals surface area contributed by atoms with E-state index in [1.807, 2.05) is 13.8 Å². The van der Waals surface area contributed by atoms with Crippen LogP contribution in [0.4, 0.5) is 0 Å². The van der Waals surface area contributed by atoms with Crippen LogP contribution in [0.5, 0.6) is 0 Å². The Bertz CT molecular complexity index is 289. The SMILES string of the molecule is C#CC.CC(=O)C(NC1=NCCN1)C(C)C. The Kier molecular flexibility index (Phi) is 7.02. The number of aliphatic imine (C=N–C) groups is 1. The average molecular weight is 223 g/mol. The van der Waals surface area contributed by atoms with E-state index in [9.17, 15) is 4.79 Å². The molecular formula is C12H21N3O. The van der Waals surface area contributed by atoms with Crippen molar-refractivity contribution in [3.8, 4) is 12.3 Å². The zero-order chi connectivity index (χ0) is 12.6. The van der Waals surface area contributed by atoms with Gasteiger partial charge in [-0.25, -0.2) is 0 Å². The predicted octanol–water partition coefficient (Wildman–Crippen LogP) is 0.788. The third-order valence-corrected chi connectivity index (χ3v) is 2.07. The normalized spacial score (nSPS) is 15.1. The van der Waals surface area contributed by atoms with E-state index in [1.165, 1.54) is 0 Å². The minimum absolute atomic E-state index is 0.121. The number of Topliss-reactive ketones (excluding diaryl/α,β-unsaturated/α-hetero) is 1. The maximum atomic E-state index is 11.2. The van der Waals surface area contributed by atoms with Crippen molar-refractivity contribution in [3.63, 3.8) is 0 Å². The molecule has 1 aliphatic heterocycles. The number of carbonyl (C=O) groups excluding carboxylic acids is 1. The highest BCUT2D eigenvalue weighted by Gasteiger charge is 2.20. The highest BCUT2D eigenvalue weighted by Crippen LogP contribution is 2.02. The molecule has 1 rings (SSSR count). The molecule has 0 fully saturated rings. The fourth-order valence-corrected chi connectivity index (χ4v) is 1.38. The number of ketones is 1. The summed E-state index contributed by atoms with van der Waals surface area (Å²) in [5.41, 5.74) is 0. The second kappa shape index (κ2) is 7.75. The van der Waals surface area contributed by atoms with E-state index in [0.717, 1.165) is 19.0 Å². The molecule has 0 aromatic heterocycles. The summed E-state index contributed by atoms with van der Waals surface area (Å²) in [6.07, 6.45) is 4.60. The van der Waals surface area contributed by atoms with Crippen LogP contribution in [-0.4, -0.2) is 30.9 Å². The van der Waals surface area contributed by atoms with E-state index in [1.54, 1.807) is 13.8 Å². The van der Waals surface area contributed by atoms with Gasteiger partial charge in [-0.2, -0.15) is 0 Å². The fraction of sp³-hybridized carbons (Fsp3) is 0.667. The lowest BCUT2D eigenvalue weighted by Crippen LogP contribution is -2.47. The minimum atomic E-state index is -0.121. The van der Waals surface area contributed by atoms with Gasteiger partial charge >= 0.3 is 0 Å². The standard InChI is InChI=1S/C9H17N3O.C3H4/c1-6(2)8(7(3)13)12-9-10-4-5-11-9;1-3-2/h6,8H,4-5H2,1-3H3,(H2,10,11,12);1H,2H3. The van der Waals surface area contributed by atoms with Crippen LogP contribution in [0, 0.1) is 18.3 Å². The van der Waals surface area contributed by atoms with Crippen molar-refractivity contribution in [1.29, 1.82) is 0 Å². The molecule has 1 heterocycles. The van der Waals surface area contributed by atoms with E-state index in [4.69, 9.17) is 0 Å². The average Bonchev–Trinajstić information content (AvgIpc) is 2.66. The van der Waals surface area contributed by atoms with Crippen LogP contribution < -0.4 is 10.6 Å². The van der Waals surface area contributed by atoms with Gasteiger partial charge in [0, 0.05) is 6.54 Å². The smallest absolute Gasteiger partial charge is 0.191 e. The maximum absolute atomic E-state index is 11.2. The highest BCUT2D eigenvalue weighted by atomic mass is 16.1. The second-order valence-electron chi connectivity index (χ2n) is 3.92. The molecule has 0 aliphatic carbocycles. The van der Waals surface area contributed by atoms with Crippen LogP contribution in [0.2, 0.25) is 0 Å². The van der Waals surface area contributed by atoms with Crippen molar-refractivity contribution in [3.05, 3.63) is 0 Å². The van der Waals surface area contributed by atoms with Crippen molar-refractivity contribution < 1.29 is 4.79 Å². The lowest BCUT2D eigenvalue weighted by molar-refractivity contribution is -0.119.